The first kappa shape index (κ1) is 19.9. The lowest BCUT2D eigenvalue weighted by atomic mass is 9.76. The lowest BCUT2D eigenvalue weighted by Crippen LogP contribution is -2.59. The maximum absolute atomic E-state index is 13.9. The van der Waals surface area contributed by atoms with Gasteiger partial charge in [0.2, 0.25) is 11.8 Å². The zero-order chi connectivity index (χ0) is 23.2. The Balaban J connectivity index is 1.54. The smallest absolute Gasteiger partial charge is 0.271 e. The third-order valence-electron chi connectivity index (χ3n) is 7.72. The summed E-state index contributed by atoms with van der Waals surface area (Å²) in [5, 5.41) is 11.3. The molecule has 1 spiro atoms. The molecule has 0 unspecified atom stereocenters. The number of aryl methyl sites for hydroxylation is 1. The van der Waals surface area contributed by atoms with E-state index < -0.39 is 51.7 Å². The molecule has 9 heteroatoms. The van der Waals surface area contributed by atoms with E-state index >= 15 is 0 Å². The van der Waals surface area contributed by atoms with Gasteiger partial charge >= 0.3 is 0 Å². The van der Waals surface area contributed by atoms with E-state index in [2.05, 4.69) is 0 Å². The van der Waals surface area contributed by atoms with Crippen LogP contribution in [-0.2, 0) is 9.59 Å². The molecule has 3 aliphatic heterocycles. The second-order valence-electron chi connectivity index (χ2n) is 9.12. The highest BCUT2D eigenvalue weighted by Crippen LogP contribution is 2.57. The fourth-order valence-corrected chi connectivity index (χ4v) is 6.43. The molecule has 3 atom stereocenters. The fraction of sp³-hybridized carbons (Fsp3) is 0.333. The quantitative estimate of drug-likeness (QED) is 0.301. The summed E-state index contributed by atoms with van der Waals surface area (Å²) in [5.74, 6) is -4.00. The first-order valence-corrected chi connectivity index (χ1v) is 10.9. The van der Waals surface area contributed by atoms with Crippen molar-refractivity contribution in [2.24, 2.45) is 11.8 Å². The Labute approximate surface area is 188 Å². The Morgan fingerprint density at radius 2 is 1.67 bits per heavy atom. The van der Waals surface area contributed by atoms with Gasteiger partial charge in [0.25, 0.3) is 5.69 Å². The second-order valence-corrected chi connectivity index (χ2v) is 9.12. The van der Waals surface area contributed by atoms with Crippen LogP contribution in [0.5, 0.6) is 0 Å². The molecule has 2 aromatic rings. The molecular weight excluding hydrogens is 426 g/mol. The molecule has 0 radical (unpaired) electrons. The fourth-order valence-electron chi connectivity index (χ4n) is 6.43. The summed E-state index contributed by atoms with van der Waals surface area (Å²) in [4.78, 5) is 68.6. The van der Waals surface area contributed by atoms with Crippen LogP contribution >= 0.6 is 0 Å². The first-order valence-electron chi connectivity index (χ1n) is 10.9. The molecule has 1 aliphatic carbocycles. The van der Waals surface area contributed by atoms with E-state index in [1.807, 2.05) is 0 Å². The van der Waals surface area contributed by atoms with Crippen molar-refractivity contribution in [1.29, 1.82) is 0 Å². The van der Waals surface area contributed by atoms with E-state index in [-0.39, 0.29) is 22.5 Å². The standard InChI is InChI=1S/C24H19N3O6/c1-12-8-9-13(27(32)33)11-17(12)26-22(30)18-16-7-4-10-25(16)24(19(18)23(26)31)20(28)14-5-2-3-6-15(14)21(24)29/h2-3,5-6,8-9,11,16,18-19H,4,7,10H2,1H3/t16-,18+,19-/m1/s1. The van der Waals surface area contributed by atoms with Crippen LogP contribution in [0.2, 0.25) is 0 Å². The topological polar surface area (TPSA) is 118 Å². The molecule has 3 heterocycles. The van der Waals surface area contributed by atoms with Gasteiger partial charge in [-0.1, -0.05) is 30.3 Å². The van der Waals surface area contributed by atoms with Crippen LogP contribution in [0.15, 0.2) is 42.5 Å². The number of hydrogen-bond acceptors (Lipinski definition) is 7. The molecule has 33 heavy (non-hydrogen) atoms. The van der Waals surface area contributed by atoms with E-state index in [4.69, 9.17) is 0 Å². The van der Waals surface area contributed by atoms with Gasteiger partial charge in [-0.3, -0.25) is 34.2 Å². The number of fused-ring (bicyclic) bond motifs is 6. The third kappa shape index (κ3) is 2.20. The predicted molar refractivity (Wildman–Crippen MR) is 115 cm³/mol. The third-order valence-corrected chi connectivity index (χ3v) is 7.72. The average molecular weight is 445 g/mol. The molecule has 2 amide bonds. The number of carbonyl (C=O) groups excluding carboxylic acids is 4. The lowest BCUT2D eigenvalue weighted by Gasteiger charge is -2.35. The van der Waals surface area contributed by atoms with Crippen LogP contribution in [-0.4, -0.2) is 51.3 Å². The van der Waals surface area contributed by atoms with E-state index in [9.17, 15) is 29.3 Å². The highest BCUT2D eigenvalue weighted by atomic mass is 16.6. The van der Waals surface area contributed by atoms with Gasteiger partial charge in [0.05, 0.1) is 22.4 Å². The van der Waals surface area contributed by atoms with E-state index in [1.165, 1.54) is 18.2 Å². The van der Waals surface area contributed by atoms with Crippen LogP contribution in [0.3, 0.4) is 0 Å². The molecule has 3 saturated heterocycles. The van der Waals surface area contributed by atoms with Crippen LogP contribution < -0.4 is 4.90 Å². The van der Waals surface area contributed by atoms with Crippen molar-refractivity contribution in [3.8, 4) is 0 Å². The zero-order valence-electron chi connectivity index (χ0n) is 17.7. The molecule has 0 bridgehead atoms. The summed E-state index contributed by atoms with van der Waals surface area (Å²) in [7, 11) is 0. The van der Waals surface area contributed by atoms with Gasteiger partial charge in [0.1, 0.15) is 0 Å². The van der Waals surface area contributed by atoms with Crippen molar-refractivity contribution in [1.82, 2.24) is 4.90 Å². The van der Waals surface area contributed by atoms with Crippen LogP contribution in [0.4, 0.5) is 11.4 Å². The summed E-state index contributed by atoms with van der Waals surface area (Å²) in [6.07, 6.45) is 1.31. The molecule has 2 aromatic carbocycles. The summed E-state index contributed by atoms with van der Waals surface area (Å²) in [6, 6.07) is 10.1. The number of Topliss-reactive ketones (excluding diaryl/α,β-unsaturated/α-hetero) is 2. The Morgan fingerprint density at radius 3 is 2.30 bits per heavy atom. The Morgan fingerprint density at radius 1 is 1.00 bits per heavy atom. The number of rotatable bonds is 2. The number of ketones is 2. The number of amides is 2. The normalized spacial score (nSPS) is 27.4. The number of nitro groups is 1. The second kappa shape index (κ2) is 6.41. The molecule has 0 aromatic heterocycles. The number of non-ortho nitro benzene ring substituents is 1. The number of nitro benzene ring substituents is 1. The average Bonchev–Trinajstić information content (AvgIpc) is 3.49. The van der Waals surface area contributed by atoms with Crippen molar-refractivity contribution in [3.63, 3.8) is 0 Å². The van der Waals surface area contributed by atoms with Crippen LogP contribution in [0.1, 0.15) is 39.1 Å². The van der Waals surface area contributed by atoms with Gasteiger partial charge < -0.3 is 0 Å². The Bertz CT molecular complexity index is 1280. The van der Waals surface area contributed by atoms with Gasteiger partial charge in [-0.2, -0.15) is 0 Å². The van der Waals surface area contributed by atoms with Crippen molar-refractivity contribution in [3.05, 3.63) is 69.3 Å². The maximum atomic E-state index is 13.9. The minimum Gasteiger partial charge on any atom is -0.291 e. The highest BCUT2D eigenvalue weighted by molar-refractivity contribution is 6.37. The molecule has 0 N–H and O–H groups in total. The van der Waals surface area contributed by atoms with E-state index in [0.29, 0.717) is 24.9 Å². The van der Waals surface area contributed by atoms with E-state index in [0.717, 1.165) is 4.90 Å². The number of nitrogens with zero attached hydrogens (tertiary/aromatic N) is 3. The highest BCUT2D eigenvalue weighted by Gasteiger charge is 2.76. The predicted octanol–water partition coefficient (Wildman–Crippen LogP) is 2.30. The summed E-state index contributed by atoms with van der Waals surface area (Å²) in [5.41, 5.74) is -0.773. The molecule has 9 nitrogen and oxygen atoms in total. The van der Waals surface area contributed by atoms with Crippen LogP contribution in [0, 0.1) is 28.9 Å². The SMILES string of the molecule is Cc1ccc([N+](=O)[O-])cc1N1C(=O)[C@H]2[C@H]3CCCN3C3(C(=O)c4ccccc4C3=O)[C@H]2C1=O. The van der Waals surface area contributed by atoms with Crippen molar-refractivity contribution in [2.45, 2.75) is 31.3 Å². The molecule has 166 valence electrons. The first-order chi connectivity index (χ1) is 15.8. The Hall–Kier alpha value is -3.72. The number of imide groups is 1. The molecule has 6 rings (SSSR count). The zero-order valence-corrected chi connectivity index (χ0v) is 17.7. The van der Waals surface area contributed by atoms with Gasteiger partial charge in [0, 0.05) is 29.3 Å². The molecule has 0 saturated carbocycles. The van der Waals surface area contributed by atoms with Gasteiger partial charge in [-0.05, 0) is 31.9 Å². The Kier molecular flexibility index (Phi) is 3.87. The monoisotopic (exact) mass is 445 g/mol. The molecular formula is C24H19N3O6. The number of benzene rings is 2. The number of hydrogen-bond donors (Lipinski definition) is 0. The summed E-state index contributed by atoms with van der Waals surface area (Å²) < 4.78 is 0. The summed E-state index contributed by atoms with van der Waals surface area (Å²) >= 11 is 0. The van der Waals surface area contributed by atoms with Crippen molar-refractivity contribution in [2.75, 3.05) is 11.4 Å². The largest absolute Gasteiger partial charge is 0.291 e. The van der Waals surface area contributed by atoms with Gasteiger partial charge in [-0.15, -0.1) is 0 Å². The lowest BCUT2D eigenvalue weighted by molar-refractivity contribution is -0.384. The van der Waals surface area contributed by atoms with Crippen LogP contribution in [0.25, 0.3) is 0 Å². The van der Waals surface area contributed by atoms with Crippen molar-refractivity contribution >= 4 is 34.8 Å². The van der Waals surface area contributed by atoms with E-state index in [1.54, 1.807) is 36.1 Å². The minimum atomic E-state index is -1.73. The molecule has 3 fully saturated rings. The minimum absolute atomic E-state index is 0.128. The maximum Gasteiger partial charge on any atom is 0.271 e. The summed E-state index contributed by atoms with van der Waals surface area (Å²) in [6.45, 7) is 2.12. The van der Waals surface area contributed by atoms with Gasteiger partial charge in [-0.25, -0.2) is 4.90 Å². The number of anilines is 1. The van der Waals surface area contributed by atoms with Crippen molar-refractivity contribution < 1.29 is 24.1 Å². The molecule has 4 aliphatic rings. The number of carbonyl (C=O) groups is 4. The van der Waals surface area contributed by atoms with Gasteiger partial charge in [0.15, 0.2) is 17.1 Å².